The number of amides is 1. The monoisotopic (exact) mass is 481 g/mol. The summed E-state index contributed by atoms with van der Waals surface area (Å²) in [6.07, 6.45) is 1.79. The molecule has 4 aromatic rings. The molecular formula is C28H27N5OS. The number of carbonyl (C=O) groups excluding carboxylic acids is 1. The number of pyridine rings is 1. The van der Waals surface area contributed by atoms with Crippen molar-refractivity contribution in [1.82, 2.24) is 19.8 Å². The highest BCUT2D eigenvalue weighted by Crippen LogP contribution is 2.41. The van der Waals surface area contributed by atoms with Crippen molar-refractivity contribution in [2.45, 2.75) is 25.9 Å². The normalized spacial score (nSPS) is 17.3. The molecule has 2 aromatic carbocycles. The van der Waals surface area contributed by atoms with Gasteiger partial charge in [-0.25, -0.2) is 0 Å². The van der Waals surface area contributed by atoms with Gasteiger partial charge in [0.25, 0.3) is 0 Å². The molecule has 1 saturated heterocycles. The lowest BCUT2D eigenvalue weighted by molar-refractivity contribution is -0.116. The second-order valence-electron chi connectivity index (χ2n) is 8.67. The van der Waals surface area contributed by atoms with Gasteiger partial charge in [0.15, 0.2) is 5.11 Å². The Labute approximate surface area is 210 Å². The number of thiocarbonyl (C=S) groups is 1. The molecule has 176 valence electrons. The number of hydrogen-bond acceptors (Lipinski definition) is 3. The molecule has 2 atom stereocenters. The second kappa shape index (κ2) is 9.72. The maximum atomic E-state index is 13.1. The van der Waals surface area contributed by atoms with Crippen LogP contribution in [-0.4, -0.2) is 32.0 Å². The van der Waals surface area contributed by atoms with Gasteiger partial charge in [-0.3, -0.25) is 9.78 Å². The fraction of sp³-hybridized carbons (Fsp3) is 0.179. The van der Waals surface area contributed by atoms with E-state index in [4.69, 9.17) is 12.2 Å². The van der Waals surface area contributed by atoms with Crippen LogP contribution in [0.3, 0.4) is 0 Å². The van der Waals surface area contributed by atoms with E-state index < -0.39 is 0 Å². The van der Waals surface area contributed by atoms with Crippen molar-refractivity contribution in [3.8, 4) is 5.69 Å². The molecule has 7 heteroatoms. The van der Waals surface area contributed by atoms with Crippen LogP contribution in [0.4, 0.5) is 5.69 Å². The number of aryl methyl sites for hydroxylation is 1. The zero-order valence-corrected chi connectivity index (χ0v) is 20.5. The number of aromatic nitrogens is 2. The van der Waals surface area contributed by atoms with Crippen LogP contribution < -0.4 is 10.6 Å². The highest BCUT2D eigenvalue weighted by molar-refractivity contribution is 7.80. The van der Waals surface area contributed by atoms with Crippen molar-refractivity contribution < 1.29 is 4.79 Å². The SMILES string of the molecule is Cc1cc([C@@H]2[C@@H](c3ccccn3)NC(=S)N2CC(=O)Nc2ccccc2)c(C)n1-c1ccccc1. The zero-order chi connectivity index (χ0) is 24.4. The minimum Gasteiger partial charge on any atom is -0.352 e. The molecular weight excluding hydrogens is 454 g/mol. The quantitative estimate of drug-likeness (QED) is 0.375. The standard InChI is InChI=1S/C28H27N5OS/c1-19-17-23(20(2)33(19)22-13-7-4-8-14-22)27-26(24-15-9-10-16-29-24)31-28(35)32(27)18-25(34)30-21-11-5-3-6-12-21/h3-17,26-27H,18H2,1-2H3,(H,30,34)(H,31,35)/t26-,27-/m1/s1. The summed E-state index contributed by atoms with van der Waals surface area (Å²) in [6.45, 7) is 4.35. The Kier molecular flexibility index (Phi) is 6.33. The molecule has 1 aliphatic heterocycles. The van der Waals surface area contributed by atoms with E-state index in [9.17, 15) is 4.79 Å². The van der Waals surface area contributed by atoms with E-state index in [0.29, 0.717) is 5.11 Å². The Morgan fingerprint density at radius 2 is 1.69 bits per heavy atom. The number of nitrogens with one attached hydrogen (secondary N) is 2. The summed E-state index contributed by atoms with van der Waals surface area (Å²) in [6, 6.07) is 27.5. The van der Waals surface area contributed by atoms with Crippen LogP contribution in [0.25, 0.3) is 5.69 Å². The predicted molar refractivity (Wildman–Crippen MR) is 142 cm³/mol. The van der Waals surface area contributed by atoms with Crippen LogP contribution >= 0.6 is 12.2 Å². The van der Waals surface area contributed by atoms with Crippen molar-refractivity contribution >= 4 is 28.9 Å². The maximum absolute atomic E-state index is 13.1. The number of rotatable bonds is 6. The Hall–Kier alpha value is -3.97. The number of nitrogens with zero attached hydrogens (tertiary/aromatic N) is 3. The first kappa shape index (κ1) is 22.8. The van der Waals surface area contributed by atoms with Gasteiger partial charge in [-0.15, -0.1) is 0 Å². The third kappa shape index (κ3) is 4.55. The minimum absolute atomic E-state index is 0.121. The summed E-state index contributed by atoms with van der Waals surface area (Å²) in [5.74, 6) is -0.121. The molecule has 0 unspecified atom stereocenters. The van der Waals surface area contributed by atoms with Gasteiger partial charge >= 0.3 is 0 Å². The second-order valence-corrected chi connectivity index (χ2v) is 9.05. The van der Waals surface area contributed by atoms with Crippen molar-refractivity contribution in [3.63, 3.8) is 0 Å². The Balaban J connectivity index is 1.53. The fourth-order valence-electron chi connectivity index (χ4n) is 4.85. The van der Waals surface area contributed by atoms with Crippen LogP contribution in [0.15, 0.2) is 91.1 Å². The number of carbonyl (C=O) groups is 1. The van der Waals surface area contributed by atoms with E-state index >= 15 is 0 Å². The van der Waals surface area contributed by atoms with Crippen LogP contribution in [0.5, 0.6) is 0 Å². The molecule has 0 bridgehead atoms. The largest absolute Gasteiger partial charge is 0.352 e. The summed E-state index contributed by atoms with van der Waals surface area (Å²) in [5, 5.41) is 6.96. The summed E-state index contributed by atoms with van der Waals surface area (Å²) in [5.41, 5.74) is 6.09. The van der Waals surface area contributed by atoms with Crippen molar-refractivity contribution in [3.05, 3.63) is 114 Å². The summed E-state index contributed by atoms with van der Waals surface area (Å²) >= 11 is 5.75. The molecule has 5 rings (SSSR count). The Morgan fingerprint density at radius 3 is 2.37 bits per heavy atom. The van der Waals surface area contributed by atoms with E-state index in [0.717, 1.165) is 34.0 Å². The highest BCUT2D eigenvalue weighted by Gasteiger charge is 2.42. The van der Waals surface area contributed by atoms with Gasteiger partial charge in [-0.2, -0.15) is 0 Å². The lowest BCUT2D eigenvalue weighted by Crippen LogP contribution is -2.37. The first-order valence-corrected chi connectivity index (χ1v) is 12.0. The number of para-hydroxylation sites is 2. The molecule has 0 aliphatic carbocycles. The van der Waals surface area contributed by atoms with Crippen LogP contribution in [0.1, 0.15) is 34.7 Å². The molecule has 0 saturated carbocycles. The lowest BCUT2D eigenvalue weighted by atomic mass is 9.96. The fourth-order valence-corrected chi connectivity index (χ4v) is 5.16. The molecule has 1 aliphatic rings. The molecule has 1 fully saturated rings. The van der Waals surface area contributed by atoms with Gasteiger partial charge in [-0.05, 0) is 74.1 Å². The molecule has 0 radical (unpaired) electrons. The first-order chi connectivity index (χ1) is 17.0. The van der Waals surface area contributed by atoms with Gasteiger partial charge in [0.2, 0.25) is 5.91 Å². The average molecular weight is 482 g/mol. The number of anilines is 1. The third-order valence-electron chi connectivity index (χ3n) is 6.37. The smallest absolute Gasteiger partial charge is 0.244 e. The van der Waals surface area contributed by atoms with Crippen LogP contribution in [0.2, 0.25) is 0 Å². The highest BCUT2D eigenvalue weighted by atomic mass is 32.1. The van der Waals surface area contributed by atoms with E-state index in [-0.39, 0.29) is 24.5 Å². The third-order valence-corrected chi connectivity index (χ3v) is 6.72. The molecule has 0 spiro atoms. The topological polar surface area (TPSA) is 62.2 Å². The lowest BCUT2D eigenvalue weighted by Gasteiger charge is -2.27. The van der Waals surface area contributed by atoms with Gasteiger partial charge in [0.1, 0.15) is 6.54 Å². The molecule has 2 N–H and O–H groups in total. The van der Waals surface area contributed by atoms with Gasteiger partial charge in [0, 0.05) is 29.0 Å². The summed E-state index contributed by atoms with van der Waals surface area (Å²) < 4.78 is 2.24. The zero-order valence-electron chi connectivity index (χ0n) is 19.7. The van der Waals surface area contributed by atoms with Gasteiger partial charge in [0.05, 0.1) is 17.8 Å². The maximum Gasteiger partial charge on any atom is 0.244 e. The Morgan fingerprint density at radius 1 is 1.00 bits per heavy atom. The average Bonchev–Trinajstić information content (AvgIpc) is 3.35. The summed E-state index contributed by atoms with van der Waals surface area (Å²) in [4.78, 5) is 19.6. The molecule has 3 heterocycles. The molecule has 1 amide bonds. The molecule has 2 aromatic heterocycles. The van der Waals surface area contributed by atoms with E-state index in [1.807, 2.05) is 71.6 Å². The predicted octanol–water partition coefficient (Wildman–Crippen LogP) is 5.10. The molecule has 6 nitrogen and oxygen atoms in total. The number of hydrogen-bond donors (Lipinski definition) is 2. The minimum atomic E-state index is -0.192. The van der Waals surface area contributed by atoms with E-state index in [1.54, 1.807) is 6.20 Å². The van der Waals surface area contributed by atoms with Gasteiger partial charge < -0.3 is 20.1 Å². The van der Waals surface area contributed by atoms with E-state index in [2.05, 4.69) is 52.2 Å². The summed E-state index contributed by atoms with van der Waals surface area (Å²) in [7, 11) is 0. The van der Waals surface area contributed by atoms with Crippen molar-refractivity contribution in [2.75, 3.05) is 11.9 Å². The molecule has 35 heavy (non-hydrogen) atoms. The van der Waals surface area contributed by atoms with Gasteiger partial charge in [-0.1, -0.05) is 42.5 Å². The van der Waals surface area contributed by atoms with Crippen LogP contribution in [0, 0.1) is 13.8 Å². The first-order valence-electron chi connectivity index (χ1n) is 11.6. The Bertz CT molecular complexity index is 1340. The van der Waals surface area contributed by atoms with Crippen molar-refractivity contribution in [2.24, 2.45) is 0 Å². The number of benzene rings is 2. The van der Waals surface area contributed by atoms with Crippen LogP contribution in [-0.2, 0) is 4.79 Å². The van der Waals surface area contributed by atoms with Crippen molar-refractivity contribution in [1.29, 1.82) is 0 Å². The van der Waals surface area contributed by atoms with E-state index in [1.165, 1.54) is 0 Å².